The molecule has 0 atom stereocenters. The van der Waals surface area contributed by atoms with Crippen molar-refractivity contribution in [2.45, 2.75) is 59.0 Å². The molecule has 1 aromatic heterocycles. The first-order valence-electron chi connectivity index (χ1n) is 9.90. The van der Waals surface area contributed by atoms with Gasteiger partial charge in [0, 0.05) is 11.8 Å². The fraction of sp³-hybridized carbons (Fsp3) is 0.429. The van der Waals surface area contributed by atoms with Crippen molar-refractivity contribution in [1.29, 1.82) is 10.5 Å². The van der Waals surface area contributed by atoms with Gasteiger partial charge in [0.25, 0.3) is 0 Å². The molecule has 0 bridgehead atoms. The molecule has 0 radical (unpaired) electrons. The number of anilines is 1. The number of carbonyl (C=O) groups excluding carboxylic acids is 1. The Morgan fingerprint density at radius 2 is 1.97 bits per heavy atom. The molecule has 8 nitrogen and oxygen atoms in total. The number of halogens is 1. The molecular formula is C21H25FN6O2SSi. The number of aliphatic hydroxyl groups is 1. The van der Waals surface area contributed by atoms with Gasteiger partial charge in [-0.05, 0) is 37.3 Å². The van der Waals surface area contributed by atoms with Crippen molar-refractivity contribution < 1.29 is 14.3 Å². The van der Waals surface area contributed by atoms with Crippen molar-refractivity contribution in [2.24, 2.45) is 4.63 Å². The maximum Gasteiger partial charge on any atom is 0.338 e. The summed E-state index contributed by atoms with van der Waals surface area (Å²) in [6.45, 7) is 10.5. The van der Waals surface area contributed by atoms with Crippen molar-refractivity contribution in [2.75, 3.05) is 5.32 Å². The highest BCUT2D eigenvalue weighted by molar-refractivity contribution is 7.22. The zero-order valence-electron chi connectivity index (χ0n) is 18.7. The second-order valence-electron chi connectivity index (χ2n) is 8.25. The summed E-state index contributed by atoms with van der Waals surface area (Å²) in [6.07, 6.45) is 3.29. The van der Waals surface area contributed by atoms with Gasteiger partial charge in [-0.2, -0.15) is 10.5 Å². The number of rotatable bonds is 6. The van der Waals surface area contributed by atoms with E-state index in [0.717, 1.165) is 11.3 Å². The number of urea groups is 1. The van der Waals surface area contributed by atoms with Crippen LogP contribution in [0.2, 0.25) is 0 Å². The fourth-order valence-corrected chi connectivity index (χ4v) is 5.50. The average molecular weight is 473 g/mol. The molecule has 0 unspecified atom stereocenters. The number of hydrogen-bond donors (Lipinski definition) is 3. The van der Waals surface area contributed by atoms with Crippen molar-refractivity contribution in [3.05, 3.63) is 39.8 Å². The third-order valence-electron chi connectivity index (χ3n) is 4.53. The van der Waals surface area contributed by atoms with Gasteiger partial charge in [0.05, 0.1) is 15.8 Å². The third-order valence-corrected chi connectivity index (χ3v) is 7.91. The maximum absolute atomic E-state index is 15.0. The van der Waals surface area contributed by atoms with Gasteiger partial charge in [-0.1, -0.05) is 27.7 Å². The van der Waals surface area contributed by atoms with Crippen LogP contribution in [-0.4, -0.2) is 24.9 Å². The second-order valence-corrected chi connectivity index (χ2v) is 11.4. The molecule has 32 heavy (non-hydrogen) atoms. The lowest BCUT2D eigenvalue weighted by atomic mass is 9.90. The van der Waals surface area contributed by atoms with E-state index in [4.69, 9.17) is 5.26 Å². The van der Waals surface area contributed by atoms with Gasteiger partial charge < -0.3 is 15.4 Å². The van der Waals surface area contributed by atoms with E-state index in [1.807, 2.05) is 26.1 Å². The smallest absolute Gasteiger partial charge is 0.338 e. The zero-order valence-corrected chi connectivity index (χ0v) is 20.6. The molecule has 0 fully saturated rings. The quantitative estimate of drug-likeness (QED) is 0.332. The Morgan fingerprint density at radius 3 is 2.44 bits per heavy atom. The van der Waals surface area contributed by atoms with E-state index in [9.17, 15) is 19.6 Å². The van der Waals surface area contributed by atoms with Crippen LogP contribution in [-0.2, 0) is 5.60 Å². The van der Waals surface area contributed by atoms with Crippen LogP contribution in [0.15, 0.2) is 16.9 Å². The number of hydrogen-bond acceptors (Lipinski definition) is 6. The van der Waals surface area contributed by atoms with Crippen molar-refractivity contribution in [3.63, 3.8) is 0 Å². The van der Waals surface area contributed by atoms with Gasteiger partial charge in [0.2, 0.25) is 0 Å². The minimum absolute atomic E-state index is 0.0768. The van der Waals surface area contributed by atoms with Crippen molar-refractivity contribution in [1.82, 2.24) is 9.97 Å². The average Bonchev–Trinajstić information content (AvgIpc) is 3.18. The van der Waals surface area contributed by atoms with Crippen LogP contribution in [0.3, 0.4) is 0 Å². The molecule has 11 heteroatoms. The number of aromatic nitrogens is 1. The molecule has 0 saturated carbocycles. The molecule has 168 valence electrons. The number of benzene rings is 1. The van der Waals surface area contributed by atoms with Crippen molar-refractivity contribution >= 4 is 36.3 Å². The molecule has 0 aliphatic carbocycles. The fourth-order valence-electron chi connectivity index (χ4n) is 3.02. The maximum atomic E-state index is 15.0. The van der Waals surface area contributed by atoms with Crippen LogP contribution in [0.4, 0.5) is 14.9 Å². The van der Waals surface area contributed by atoms with Gasteiger partial charge in [-0.15, -0.1) is 11.3 Å². The largest absolute Gasteiger partial charge is 0.383 e. The SMILES string of the molecule is CC(C)c1cc(C#N)c(F)c(C(C)C)c1NC(=O)/N=[Si](\NC#N)c1cnc(C(C)(C)O)s1. The van der Waals surface area contributed by atoms with Crippen LogP contribution in [0.25, 0.3) is 0 Å². The molecule has 3 N–H and O–H groups in total. The normalized spacial score (nSPS) is 11.9. The van der Waals surface area contributed by atoms with Gasteiger partial charge >= 0.3 is 14.8 Å². The highest BCUT2D eigenvalue weighted by Crippen LogP contribution is 2.36. The van der Waals surface area contributed by atoms with E-state index in [1.165, 1.54) is 12.3 Å². The minimum atomic E-state index is -2.22. The molecule has 0 aliphatic rings. The Morgan fingerprint density at radius 1 is 1.31 bits per heavy atom. The third kappa shape index (κ3) is 5.62. The van der Waals surface area contributed by atoms with Gasteiger partial charge in [-0.25, -0.2) is 18.8 Å². The summed E-state index contributed by atoms with van der Waals surface area (Å²) in [4.78, 5) is 19.5. The molecule has 2 rings (SSSR count). The number of nitriles is 2. The van der Waals surface area contributed by atoms with Crippen LogP contribution in [0.5, 0.6) is 0 Å². The van der Waals surface area contributed by atoms with E-state index < -0.39 is 26.2 Å². The van der Waals surface area contributed by atoms with Gasteiger partial charge in [-0.3, -0.25) is 0 Å². The first-order valence-corrected chi connectivity index (χ1v) is 12.2. The minimum Gasteiger partial charge on any atom is -0.383 e. The van der Waals surface area contributed by atoms with Crippen LogP contribution < -0.4 is 14.8 Å². The molecule has 0 aliphatic heterocycles. The first-order chi connectivity index (χ1) is 14.9. The van der Waals surface area contributed by atoms with Crippen LogP contribution in [0.1, 0.15) is 75.1 Å². The first kappa shape index (κ1) is 25.3. The predicted octanol–water partition coefficient (Wildman–Crippen LogP) is 3.89. The number of carbonyl (C=O) groups is 1. The molecule has 1 heterocycles. The molecular weight excluding hydrogens is 447 g/mol. The topological polar surface area (TPSA) is 134 Å². The van der Waals surface area contributed by atoms with E-state index in [0.29, 0.717) is 20.8 Å². The summed E-state index contributed by atoms with van der Waals surface area (Å²) in [6, 6.07) is 2.57. The van der Waals surface area contributed by atoms with E-state index >= 15 is 0 Å². The summed E-state index contributed by atoms with van der Waals surface area (Å²) in [5.41, 5.74) is -0.0878. The molecule has 0 spiro atoms. The van der Waals surface area contributed by atoms with Gasteiger partial charge in [0.15, 0.2) is 6.19 Å². The van der Waals surface area contributed by atoms with E-state index in [-0.39, 0.29) is 23.0 Å². The Balaban J connectivity index is 2.53. The summed E-state index contributed by atoms with van der Waals surface area (Å²) in [5.74, 6) is -1.05. The standard InChI is InChI=1S/C21H25FN6O2SSi/c1-11(2)14-7-13(8-23)17(22)16(12(3)4)18(14)27-20(29)28-32(26-10-24)15-9-25-19(31-15)21(5,6)30/h7,9,11-12,26,30H,1-6H3,(H,27,29)/b32-28-. The van der Waals surface area contributed by atoms with Gasteiger partial charge in [0.1, 0.15) is 22.5 Å². The summed E-state index contributed by atoms with van der Waals surface area (Å²) in [7, 11) is -2.22. The van der Waals surface area contributed by atoms with Crippen molar-refractivity contribution in [3.8, 4) is 12.3 Å². The summed E-state index contributed by atoms with van der Waals surface area (Å²) in [5, 5.41) is 31.7. The number of nitrogens with one attached hydrogen (secondary N) is 2. The van der Waals surface area contributed by atoms with E-state index in [1.54, 1.807) is 27.7 Å². The number of amides is 2. The Labute approximate surface area is 192 Å². The highest BCUT2D eigenvalue weighted by atomic mass is 32.1. The molecule has 1 aromatic carbocycles. The summed E-state index contributed by atoms with van der Waals surface area (Å²) < 4.78 is 19.6. The molecule has 2 amide bonds. The predicted molar refractivity (Wildman–Crippen MR) is 122 cm³/mol. The van der Waals surface area contributed by atoms with E-state index in [2.05, 4.69) is 19.9 Å². The summed E-state index contributed by atoms with van der Waals surface area (Å²) >= 11 is 1.16. The lowest BCUT2D eigenvalue weighted by Gasteiger charge is -2.21. The van der Waals surface area contributed by atoms with Crippen LogP contribution >= 0.6 is 11.3 Å². The Kier molecular flexibility index (Phi) is 7.96. The second kappa shape index (κ2) is 10.1. The number of thiazole rings is 1. The zero-order chi connectivity index (χ0) is 24.2. The Bertz CT molecular complexity index is 1140. The van der Waals surface area contributed by atoms with Crippen LogP contribution in [0, 0.1) is 28.6 Å². The number of nitrogens with zero attached hydrogens (tertiary/aromatic N) is 4. The molecule has 0 saturated heterocycles. The monoisotopic (exact) mass is 472 g/mol. The lowest BCUT2D eigenvalue weighted by molar-refractivity contribution is 0.0783. The lowest BCUT2D eigenvalue weighted by Crippen LogP contribution is -2.34. The Hall–Kier alpha value is -2.99. The highest BCUT2D eigenvalue weighted by Gasteiger charge is 2.25. The molecule has 2 aromatic rings.